The number of halogens is 3. The van der Waals surface area contributed by atoms with Gasteiger partial charge in [-0.05, 0) is 12.1 Å². The van der Waals surface area contributed by atoms with E-state index in [9.17, 15) is 13.2 Å². The van der Waals surface area contributed by atoms with Crippen molar-refractivity contribution in [3.05, 3.63) is 23.6 Å². The Morgan fingerprint density at radius 3 is 2.62 bits per heavy atom. The molecule has 0 spiro atoms. The molecule has 112 valence electrons. The smallest absolute Gasteiger partial charge is 0.417 e. The molecular weight excluding hydrogens is 291 g/mol. The van der Waals surface area contributed by atoms with Crippen LogP contribution in [0.3, 0.4) is 0 Å². The fraction of sp³-hybridized carbons (Fsp3) is 0.333. The van der Waals surface area contributed by atoms with Crippen molar-refractivity contribution in [3.8, 4) is 22.9 Å². The quantitative estimate of drug-likeness (QED) is 0.913. The highest BCUT2D eigenvalue weighted by Crippen LogP contribution is 2.46. The fourth-order valence-corrected chi connectivity index (χ4v) is 2.01. The minimum Gasteiger partial charge on any atom is -0.486 e. The zero-order valence-electron chi connectivity index (χ0n) is 10.6. The number of alkyl halides is 3. The summed E-state index contributed by atoms with van der Waals surface area (Å²) in [7, 11) is 0. The second kappa shape index (κ2) is 4.92. The molecule has 0 bridgehead atoms. The van der Waals surface area contributed by atoms with Crippen molar-refractivity contribution in [2.75, 3.05) is 13.2 Å². The van der Waals surface area contributed by atoms with Crippen molar-refractivity contribution < 1.29 is 27.2 Å². The van der Waals surface area contributed by atoms with Crippen molar-refractivity contribution in [1.29, 1.82) is 0 Å². The number of hydrogen-bond donors (Lipinski definition) is 1. The Kier molecular flexibility index (Phi) is 3.20. The zero-order chi connectivity index (χ0) is 15.0. The highest BCUT2D eigenvalue weighted by Gasteiger charge is 2.38. The first-order chi connectivity index (χ1) is 10.0. The van der Waals surface area contributed by atoms with Crippen LogP contribution in [0, 0.1) is 0 Å². The van der Waals surface area contributed by atoms with Crippen LogP contribution in [0.15, 0.2) is 16.7 Å². The first-order valence-electron chi connectivity index (χ1n) is 6.03. The van der Waals surface area contributed by atoms with Gasteiger partial charge in [0.15, 0.2) is 11.5 Å². The molecule has 0 unspecified atom stereocenters. The SMILES string of the molecule is NCc1nc(-c2c(C(F)(F)F)ccc3c2OCCO3)no1. The Labute approximate surface area is 116 Å². The summed E-state index contributed by atoms with van der Waals surface area (Å²) in [6.45, 7) is 0.335. The van der Waals surface area contributed by atoms with E-state index in [1.807, 2.05) is 0 Å². The Bertz CT molecular complexity index is 669. The maximum atomic E-state index is 13.2. The molecule has 1 aliphatic rings. The maximum Gasteiger partial charge on any atom is 0.417 e. The summed E-state index contributed by atoms with van der Waals surface area (Å²) < 4.78 is 54.9. The number of aromatic nitrogens is 2. The van der Waals surface area contributed by atoms with Crippen molar-refractivity contribution >= 4 is 0 Å². The van der Waals surface area contributed by atoms with Crippen LogP contribution in [0.25, 0.3) is 11.4 Å². The van der Waals surface area contributed by atoms with Crippen LogP contribution in [0.1, 0.15) is 11.5 Å². The predicted octanol–water partition coefficient (Wildman–Crippen LogP) is 1.99. The van der Waals surface area contributed by atoms with Crippen LogP contribution in [-0.4, -0.2) is 23.4 Å². The number of ether oxygens (including phenoxy) is 2. The summed E-state index contributed by atoms with van der Waals surface area (Å²) in [5.41, 5.74) is 4.11. The molecule has 21 heavy (non-hydrogen) atoms. The van der Waals surface area contributed by atoms with Gasteiger partial charge in [-0.2, -0.15) is 18.2 Å². The van der Waals surface area contributed by atoms with Gasteiger partial charge in [0, 0.05) is 0 Å². The van der Waals surface area contributed by atoms with Crippen molar-refractivity contribution in [3.63, 3.8) is 0 Å². The average Bonchev–Trinajstić information content (AvgIpc) is 2.93. The molecule has 1 aromatic heterocycles. The largest absolute Gasteiger partial charge is 0.486 e. The van der Waals surface area contributed by atoms with E-state index in [4.69, 9.17) is 19.7 Å². The summed E-state index contributed by atoms with van der Waals surface area (Å²) in [5, 5.41) is 3.54. The summed E-state index contributed by atoms with van der Waals surface area (Å²) >= 11 is 0. The predicted molar refractivity (Wildman–Crippen MR) is 63.6 cm³/mol. The van der Waals surface area contributed by atoms with Crippen LogP contribution in [-0.2, 0) is 12.7 Å². The summed E-state index contributed by atoms with van der Waals surface area (Å²) in [6.07, 6.45) is -4.59. The lowest BCUT2D eigenvalue weighted by molar-refractivity contribution is -0.137. The van der Waals surface area contributed by atoms with Crippen LogP contribution >= 0.6 is 0 Å². The minimum absolute atomic E-state index is 0.0347. The molecule has 0 fully saturated rings. The van der Waals surface area contributed by atoms with Crippen LogP contribution in [0.4, 0.5) is 13.2 Å². The molecule has 0 radical (unpaired) electrons. The molecule has 0 saturated heterocycles. The van der Waals surface area contributed by atoms with Crippen molar-refractivity contribution in [1.82, 2.24) is 10.1 Å². The number of nitrogens with zero attached hydrogens (tertiary/aromatic N) is 2. The normalized spacial score (nSPS) is 14.3. The monoisotopic (exact) mass is 301 g/mol. The van der Waals surface area contributed by atoms with Crippen LogP contribution < -0.4 is 15.2 Å². The van der Waals surface area contributed by atoms with E-state index in [0.717, 1.165) is 6.07 Å². The summed E-state index contributed by atoms with van der Waals surface area (Å²) in [4.78, 5) is 3.84. The van der Waals surface area contributed by atoms with E-state index in [2.05, 4.69) is 10.1 Å². The molecule has 0 amide bonds. The minimum atomic E-state index is -4.59. The van der Waals surface area contributed by atoms with Gasteiger partial charge in [0.2, 0.25) is 11.7 Å². The first kappa shape index (κ1) is 13.7. The van der Waals surface area contributed by atoms with Crippen molar-refractivity contribution in [2.45, 2.75) is 12.7 Å². The number of nitrogens with two attached hydrogens (primary N) is 1. The van der Waals surface area contributed by atoms with Gasteiger partial charge in [-0.15, -0.1) is 0 Å². The van der Waals surface area contributed by atoms with Gasteiger partial charge in [-0.1, -0.05) is 5.16 Å². The van der Waals surface area contributed by atoms with E-state index in [1.165, 1.54) is 6.07 Å². The number of benzene rings is 1. The van der Waals surface area contributed by atoms with E-state index < -0.39 is 11.7 Å². The van der Waals surface area contributed by atoms with Gasteiger partial charge >= 0.3 is 6.18 Å². The molecule has 0 aliphatic carbocycles. The number of hydrogen-bond acceptors (Lipinski definition) is 6. The third-order valence-electron chi connectivity index (χ3n) is 2.88. The van der Waals surface area contributed by atoms with E-state index >= 15 is 0 Å². The fourth-order valence-electron chi connectivity index (χ4n) is 2.01. The molecule has 2 heterocycles. The van der Waals surface area contributed by atoms with Gasteiger partial charge in [-0.3, -0.25) is 0 Å². The lowest BCUT2D eigenvalue weighted by Crippen LogP contribution is -2.18. The Hall–Kier alpha value is -2.29. The standard InChI is InChI=1S/C12H10F3N3O3/c13-12(14,15)6-1-2-7-10(20-4-3-19-7)9(6)11-17-8(5-16)21-18-11/h1-2H,3-5,16H2. The summed E-state index contributed by atoms with van der Waals surface area (Å²) in [6, 6.07) is 2.12. The van der Waals surface area contributed by atoms with E-state index in [1.54, 1.807) is 0 Å². The summed E-state index contributed by atoms with van der Waals surface area (Å²) in [5.74, 6) is -0.0265. The van der Waals surface area contributed by atoms with E-state index in [0.29, 0.717) is 0 Å². The number of rotatable bonds is 2. The Morgan fingerprint density at radius 1 is 1.19 bits per heavy atom. The Morgan fingerprint density at radius 2 is 1.95 bits per heavy atom. The topological polar surface area (TPSA) is 83.4 Å². The molecule has 1 aliphatic heterocycles. The molecule has 1 aromatic carbocycles. The zero-order valence-corrected chi connectivity index (χ0v) is 10.6. The van der Waals surface area contributed by atoms with Gasteiger partial charge in [-0.25, -0.2) is 0 Å². The molecule has 6 nitrogen and oxygen atoms in total. The molecule has 9 heteroatoms. The van der Waals surface area contributed by atoms with E-state index in [-0.39, 0.29) is 48.5 Å². The highest BCUT2D eigenvalue weighted by atomic mass is 19.4. The van der Waals surface area contributed by atoms with Gasteiger partial charge < -0.3 is 19.7 Å². The van der Waals surface area contributed by atoms with Gasteiger partial charge in [0.05, 0.1) is 17.7 Å². The molecular formula is C12H10F3N3O3. The third kappa shape index (κ3) is 2.40. The molecule has 3 rings (SSSR count). The molecule has 2 N–H and O–H groups in total. The highest BCUT2D eigenvalue weighted by molar-refractivity contribution is 5.73. The first-order valence-corrected chi connectivity index (χ1v) is 6.03. The second-order valence-corrected chi connectivity index (χ2v) is 4.23. The second-order valence-electron chi connectivity index (χ2n) is 4.23. The van der Waals surface area contributed by atoms with Crippen LogP contribution in [0.5, 0.6) is 11.5 Å². The average molecular weight is 301 g/mol. The molecule has 0 saturated carbocycles. The Balaban J connectivity index is 2.23. The molecule has 2 aromatic rings. The van der Waals surface area contributed by atoms with Crippen molar-refractivity contribution in [2.24, 2.45) is 5.73 Å². The number of fused-ring (bicyclic) bond motifs is 1. The van der Waals surface area contributed by atoms with Gasteiger partial charge in [0.25, 0.3) is 0 Å². The molecule has 0 atom stereocenters. The lowest BCUT2D eigenvalue weighted by Gasteiger charge is -2.22. The maximum absolute atomic E-state index is 13.2. The third-order valence-corrected chi connectivity index (χ3v) is 2.88. The van der Waals surface area contributed by atoms with Crippen LogP contribution in [0.2, 0.25) is 0 Å². The lowest BCUT2D eigenvalue weighted by atomic mass is 10.0. The van der Waals surface area contributed by atoms with Gasteiger partial charge in [0.1, 0.15) is 13.2 Å².